The first-order chi connectivity index (χ1) is 13.7. The molecule has 1 N–H and O–H groups in total. The Morgan fingerprint density at radius 1 is 1.17 bits per heavy atom. The van der Waals surface area contributed by atoms with Crippen LogP contribution >= 0.6 is 0 Å². The van der Waals surface area contributed by atoms with Crippen LogP contribution in [0, 0.1) is 0 Å². The molecule has 1 amide bonds. The number of rotatable bonds is 7. The molecule has 0 bridgehead atoms. The van der Waals surface area contributed by atoms with E-state index in [1.54, 1.807) is 30.6 Å². The summed E-state index contributed by atoms with van der Waals surface area (Å²) >= 11 is 0. The summed E-state index contributed by atoms with van der Waals surface area (Å²) in [5.41, 5.74) is 0.889. The Hall–Kier alpha value is -3.30. The molecule has 0 unspecified atom stereocenters. The summed E-state index contributed by atoms with van der Waals surface area (Å²) in [6, 6.07) is 8.66. The van der Waals surface area contributed by atoms with E-state index in [9.17, 15) is 22.8 Å². The number of carbonyl (C=O) groups is 2. The average molecular weight is 411 g/mol. The van der Waals surface area contributed by atoms with E-state index in [0.717, 1.165) is 5.69 Å². The van der Waals surface area contributed by atoms with Crippen LogP contribution in [0.15, 0.2) is 48.8 Å². The van der Waals surface area contributed by atoms with Crippen LogP contribution in [0.5, 0.6) is 5.75 Å². The Morgan fingerprint density at radius 3 is 2.48 bits per heavy atom. The number of aromatic nitrogens is 1. The zero-order chi connectivity index (χ0) is 21.4. The number of alkyl halides is 3. The third kappa shape index (κ3) is 6.66. The summed E-state index contributed by atoms with van der Waals surface area (Å²) < 4.78 is 42.9. The number of hydroxylamine groups is 2. The highest BCUT2D eigenvalue weighted by molar-refractivity contribution is 5.95. The van der Waals surface area contributed by atoms with Gasteiger partial charge >= 0.3 is 12.1 Å². The number of nitrogens with one attached hydrogen (secondary N) is 1. The van der Waals surface area contributed by atoms with Gasteiger partial charge in [-0.3, -0.25) is 9.78 Å². The maximum Gasteiger partial charge on any atom is 0.493 e. The Morgan fingerprint density at radius 2 is 1.86 bits per heavy atom. The fourth-order valence-corrected chi connectivity index (χ4v) is 2.20. The summed E-state index contributed by atoms with van der Waals surface area (Å²) in [4.78, 5) is 31.8. The zero-order valence-corrected chi connectivity index (χ0v) is 15.8. The van der Waals surface area contributed by atoms with Gasteiger partial charge in [-0.15, -0.1) is 0 Å². The van der Waals surface area contributed by atoms with Gasteiger partial charge in [-0.1, -0.05) is 6.07 Å². The second-order valence-corrected chi connectivity index (χ2v) is 6.14. The number of hydrogen-bond donors (Lipinski definition) is 1. The Balaban J connectivity index is 1.98. The molecule has 0 saturated carbocycles. The summed E-state index contributed by atoms with van der Waals surface area (Å²) in [5.74, 6) is -3.01. The van der Waals surface area contributed by atoms with E-state index >= 15 is 0 Å². The minimum atomic E-state index is -5.21. The van der Waals surface area contributed by atoms with Crippen molar-refractivity contribution in [3.63, 3.8) is 0 Å². The highest BCUT2D eigenvalue weighted by atomic mass is 19.4. The number of hydrogen-bond acceptors (Lipinski definition) is 6. The number of pyridine rings is 1. The molecule has 0 fully saturated rings. The minimum absolute atomic E-state index is 0.0215. The monoisotopic (exact) mass is 411 g/mol. The van der Waals surface area contributed by atoms with Crippen molar-refractivity contribution in [1.29, 1.82) is 0 Å². The van der Waals surface area contributed by atoms with E-state index in [1.807, 2.05) is 0 Å². The molecular formula is C19H20F3N3O4. The molecule has 0 atom stereocenters. The lowest BCUT2D eigenvalue weighted by Crippen LogP contribution is -2.42. The van der Waals surface area contributed by atoms with Crippen molar-refractivity contribution in [3.05, 3.63) is 54.4 Å². The van der Waals surface area contributed by atoms with E-state index in [1.165, 1.54) is 32.0 Å². The fraction of sp³-hybridized carbons (Fsp3) is 0.316. The molecule has 1 aromatic carbocycles. The first kappa shape index (κ1) is 22.0. The summed E-state index contributed by atoms with van der Waals surface area (Å²) in [6.07, 6.45) is -1.92. The molecular weight excluding hydrogens is 391 g/mol. The Bertz CT molecular complexity index is 829. The van der Waals surface area contributed by atoms with Gasteiger partial charge in [0.2, 0.25) is 0 Å². The van der Waals surface area contributed by atoms with Gasteiger partial charge in [-0.2, -0.15) is 18.2 Å². The Kier molecular flexibility index (Phi) is 7.40. The maximum atomic E-state index is 12.5. The minimum Gasteiger partial charge on any atom is -0.492 e. The molecule has 156 valence electrons. The highest BCUT2D eigenvalue weighted by Crippen LogP contribution is 2.21. The predicted octanol–water partition coefficient (Wildman–Crippen LogP) is 3.44. The molecule has 1 aromatic heterocycles. The van der Waals surface area contributed by atoms with Crippen molar-refractivity contribution < 1.29 is 32.3 Å². The van der Waals surface area contributed by atoms with E-state index in [4.69, 9.17) is 4.74 Å². The summed E-state index contributed by atoms with van der Waals surface area (Å²) in [6.45, 7) is 3.60. The number of nitrogens with zero attached hydrogens (tertiary/aromatic N) is 2. The first-order valence-corrected chi connectivity index (χ1v) is 8.68. The third-order valence-corrected chi connectivity index (χ3v) is 3.54. The van der Waals surface area contributed by atoms with Crippen molar-refractivity contribution in [2.45, 2.75) is 26.1 Å². The molecule has 29 heavy (non-hydrogen) atoms. The predicted molar refractivity (Wildman–Crippen MR) is 98.1 cm³/mol. The van der Waals surface area contributed by atoms with Gasteiger partial charge < -0.3 is 14.9 Å². The third-order valence-electron chi connectivity index (χ3n) is 3.54. The van der Waals surface area contributed by atoms with Crippen molar-refractivity contribution in [3.8, 4) is 5.75 Å². The van der Waals surface area contributed by atoms with Gasteiger partial charge in [0.05, 0.1) is 6.04 Å². The highest BCUT2D eigenvalue weighted by Gasteiger charge is 2.44. The van der Waals surface area contributed by atoms with Gasteiger partial charge in [-0.05, 0) is 44.2 Å². The molecule has 0 spiro atoms. The number of benzene rings is 1. The lowest BCUT2D eigenvalue weighted by Gasteiger charge is -2.25. The van der Waals surface area contributed by atoms with Gasteiger partial charge in [0, 0.05) is 30.2 Å². The summed E-state index contributed by atoms with van der Waals surface area (Å²) in [5, 5.41) is 3.51. The second kappa shape index (κ2) is 9.76. The molecule has 10 heteroatoms. The first-order valence-electron chi connectivity index (χ1n) is 8.68. The topological polar surface area (TPSA) is 80.8 Å². The largest absolute Gasteiger partial charge is 0.493 e. The van der Waals surface area contributed by atoms with Crippen LogP contribution in [0.3, 0.4) is 0 Å². The van der Waals surface area contributed by atoms with Crippen molar-refractivity contribution in [1.82, 2.24) is 10.0 Å². The van der Waals surface area contributed by atoms with Crippen LogP contribution in [0.4, 0.5) is 18.9 Å². The van der Waals surface area contributed by atoms with Gasteiger partial charge in [-0.25, -0.2) is 4.79 Å². The van der Waals surface area contributed by atoms with Crippen LogP contribution in [0.2, 0.25) is 0 Å². The van der Waals surface area contributed by atoms with Crippen LogP contribution in [0.25, 0.3) is 0 Å². The molecule has 0 aliphatic carbocycles. The molecule has 0 saturated heterocycles. The molecule has 1 heterocycles. The summed E-state index contributed by atoms with van der Waals surface area (Å²) in [7, 11) is 0. The molecule has 0 radical (unpaired) electrons. The normalized spacial score (nSPS) is 11.1. The quantitative estimate of drug-likeness (QED) is 0.555. The van der Waals surface area contributed by atoms with Crippen molar-refractivity contribution in [2.75, 3.05) is 18.5 Å². The van der Waals surface area contributed by atoms with Gasteiger partial charge in [0.25, 0.3) is 5.91 Å². The van der Waals surface area contributed by atoms with Crippen LogP contribution < -0.4 is 10.1 Å². The Labute approximate surface area is 165 Å². The molecule has 0 aliphatic rings. The van der Waals surface area contributed by atoms with Crippen LogP contribution in [-0.4, -0.2) is 47.3 Å². The number of amides is 1. The van der Waals surface area contributed by atoms with E-state index in [0.29, 0.717) is 17.4 Å². The van der Waals surface area contributed by atoms with E-state index < -0.39 is 24.1 Å². The van der Waals surface area contributed by atoms with Crippen molar-refractivity contribution in [2.24, 2.45) is 0 Å². The fourth-order valence-electron chi connectivity index (χ4n) is 2.20. The molecule has 0 aliphatic heterocycles. The maximum absolute atomic E-state index is 12.5. The average Bonchev–Trinajstić information content (AvgIpc) is 2.68. The number of ether oxygens (including phenoxy) is 1. The van der Waals surface area contributed by atoms with E-state index in [2.05, 4.69) is 15.1 Å². The standard InChI is InChI=1S/C19H20F3N3O4/c1-13(2)25(29-18(27)19(20,21)22)17(26)14-4-3-5-16(12-14)28-11-10-24-15-6-8-23-9-7-15/h3-9,12-13H,10-11H2,1-2H3,(H,23,24). The second-order valence-electron chi connectivity index (χ2n) is 6.14. The number of carbonyl (C=O) groups excluding carboxylic acids is 2. The lowest BCUT2D eigenvalue weighted by atomic mass is 10.2. The van der Waals surface area contributed by atoms with Crippen LogP contribution in [-0.2, 0) is 9.63 Å². The van der Waals surface area contributed by atoms with Gasteiger partial charge in [0.1, 0.15) is 12.4 Å². The van der Waals surface area contributed by atoms with E-state index in [-0.39, 0.29) is 12.2 Å². The SMILES string of the molecule is CC(C)N(OC(=O)C(F)(F)F)C(=O)c1cccc(OCCNc2ccncc2)c1. The zero-order valence-electron chi connectivity index (χ0n) is 15.8. The van der Waals surface area contributed by atoms with Crippen molar-refractivity contribution >= 4 is 17.6 Å². The van der Waals surface area contributed by atoms with Gasteiger partial charge in [0.15, 0.2) is 0 Å². The molecule has 2 rings (SSSR count). The van der Waals surface area contributed by atoms with Crippen LogP contribution in [0.1, 0.15) is 24.2 Å². The number of halogens is 3. The molecule has 7 nitrogen and oxygen atoms in total. The lowest BCUT2D eigenvalue weighted by molar-refractivity contribution is -0.232. The smallest absolute Gasteiger partial charge is 0.492 e. The number of anilines is 1. The molecule has 2 aromatic rings.